The van der Waals surface area contributed by atoms with Gasteiger partial charge in [-0.25, -0.2) is 0 Å². The van der Waals surface area contributed by atoms with Crippen LogP contribution in [0.3, 0.4) is 0 Å². The molecule has 4 aliphatic rings. The Morgan fingerprint density at radius 1 is 0.976 bits per heavy atom. The zero-order valence-electron chi connectivity index (χ0n) is 27.3. The van der Waals surface area contributed by atoms with E-state index in [9.17, 15) is 5.11 Å². The van der Waals surface area contributed by atoms with Crippen LogP contribution in [0.5, 0.6) is 0 Å². The van der Waals surface area contributed by atoms with Crippen LogP contribution in [0.1, 0.15) is 93.6 Å². The first kappa shape index (κ1) is 31.4. The van der Waals surface area contributed by atoms with Crippen molar-refractivity contribution in [3.63, 3.8) is 0 Å². The summed E-state index contributed by atoms with van der Waals surface area (Å²) in [5.41, 5.74) is 3.80. The molecule has 1 aromatic carbocycles. The number of fused-ring (bicyclic) bond motifs is 1. The highest BCUT2D eigenvalue weighted by Crippen LogP contribution is 2.51. The van der Waals surface area contributed by atoms with E-state index in [1.54, 1.807) is 0 Å². The zero-order chi connectivity index (χ0) is 30.8. The van der Waals surface area contributed by atoms with E-state index >= 15 is 0 Å². The predicted molar refractivity (Wildman–Crippen MR) is 180 cm³/mol. The molecule has 2 N–H and O–H groups in total. The molecule has 42 heavy (non-hydrogen) atoms. The summed E-state index contributed by atoms with van der Waals surface area (Å²) in [5, 5.41) is 16.5. The summed E-state index contributed by atoms with van der Waals surface area (Å²) in [7, 11) is 0. The van der Waals surface area contributed by atoms with Gasteiger partial charge in [-0.2, -0.15) is 0 Å². The van der Waals surface area contributed by atoms with Gasteiger partial charge in [-0.3, -0.25) is 4.90 Å². The third-order valence-corrected chi connectivity index (χ3v) is 10.6. The molecule has 0 bridgehead atoms. The minimum atomic E-state index is -1.03. The molecule has 0 amide bonds. The van der Waals surface area contributed by atoms with Crippen LogP contribution in [0.15, 0.2) is 76.0 Å². The van der Waals surface area contributed by atoms with Crippen LogP contribution in [-0.2, 0) is 0 Å². The quantitative estimate of drug-likeness (QED) is 0.328. The van der Waals surface area contributed by atoms with Crippen molar-refractivity contribution in [2.75, 3.05) is 0 Å². The molecule has 0 saturated carbocycles. The highest BCUT2D eigenvalue weighted by Gasteiger charge is 2.54. The van der Waals surface area contributed by atoms with Gasteiger partial charge >= 0.3 is 0 Å². The lowest BCUT2D eigenvalue weighted by Gasteiger charge is -2.49. The molecule has 7 atom stereocenters. The molecule has 5 rings (SSSR count). The van der Waals surface area contributed by atoms with Gasteiger partial charge in [0.25, 0.3) is 0 Å². The van der Waals surface area contributed by atoms with Crippen LogP contribution < -0.4 is 5.32 Å². The molecule has 4 heteroatoms. The SMILES string of the molecule is CC(C)(C)C1=CC(C2NC3=C(Br)C=CCC3N2C2C#CC(C(C)(C)C)CC2c2ccccc2)C(C)(O)C(C(C)(C)C)=C1. The molecule has 3 nitrogen and oxygen atoms in total. The van der Waals surface area contributed by atoms with Crippen molar-refractivity contribution in [1.29, 1.82) is 0 Å². The minimum absolute atomic E-state index is 0.0177. The minimum Gasteiger partial charge on any atom is -0.385 e. The first-order chi connectivity index (χ1) is 19.4. The van der Waals surface area contributed by atoms with Gasteiger partial charge in [0, 0.05) is 27.9 Å². The van der Waals surface area contributed by atoms with E-state index < -0.39 is 5.60 Å². The fourth-order valence-corrected chi connectivity index (χ4v) is 8.06. The van der Waals surface area contributed by atoms with Gasteiger partial charge in [-0.1, -0.05) is 129 Å². The lowest BCUT2D eigenvalue weighted by Crippen LogP contribution is -2.58. The maximum absolute atomic E-state index is 12.6. The number of benzene rings is 1. The Balaban J connectivity index is 1.69. The van der Waals surface area contributed by atoms with Gasteiger partial charge in [-0.15, -0.1) is 0 Å². The fraction of sp³-hybridized carbons (Fsp3) is 0.579. The highest BCUT2D eigenvalue weighted by molar-refractivity contribution is 9.11. The van der Waals surface area contributed by atoms with E-state index in [-0.39, 0.29) is 46.3 Å². The first-order valence-corrected chi connectivity index (χ1v) is 16.5. The monoisotopic (exact) mass is 630 g/mol. The Morgan fingerprint density at radius 2 is 1.64 bits per heavy atom. The van der Waals surface area contributed by atoms with Gasteiger partial charge in [-0.05, 0) is 68.6 Å². The summed E-state index contributed by atoms with van der Waals surface area (Å²) >= 11 is 3.89. The van der Waals surface area contributed by atoms with Crippen LogP contribution in [-0.4, -0.2) is 33.9 Å². The molecule has 7 unspecified atom stereocenters. The summed E-state index contributed by atoms with van der Waals surface area (Å²) in [4.78, 5) is 2.64. The van der Waals surface area contributed by atoms with Crippen molar-refractivity contribution in [3.05, 3.63) is 81.5 Å². The summed E-state index contributed by atoms with van der Waals surface area (Å²) in [6, 6.07) is 11.2. The lowest BCUT2D eigenvalue weighted by molar-refractivity contribution is -0.0174. The molecule has 1 aromatic rings. The molecule has 1 fully saturated rings. The molecule has 0 aromatic heterocycles. The Kier molecular flexibility index (Phi) is 8.09. The van der Waals surface area contributed by atoms with E-state index in [1.165, 1.54) is 16.8 Å². The number of hydrogen-bond donors (Lipinski definition) is 2. The summed E-state index contributed by atoms with van der Waals surface area (Å²) in [6.07, 6.45) is 10.9. The summed E-state index contributed by atoms with van der Waals surface area (Å²) in [5.74, 6) is 8.02. The first-order valence-electron chi connectivity index (χ1n) is 15.7. The maximum Gasteiger partial charge on any atom is 0.0932 e. The van der Waals surface area contributed by atoms with Crippen molar-refractivity contribution >= 4 is 15.9 Å². The van der Waals surface area contributed by atoms with Gasteiger partial charge < -0.3 is 10.4 Å². The smallest absolute Gasteiger partial charge is 0.0932 e. The second-order valence-electron chi connectivity index (χ2n) is 16.2. The number of hydrogen-bond acceptors (Lipinski definition) is 3. The Hall–Kier alpha value is -2.06. The lowest BCUT2D eigenvalue weighted by atomic mass is 9.64. The standard InChI is InChI=1S/C38H51BrN2O/c1-35(2,3)25-19-20-30(27(21-25)24-15-12-11-13-16-24)41-31-18-14-17-29(39)33(31)40-34(41)28-22-26(36(4,5)6)23-32(37(7,8)9)38(28,10)42/h11-17,22-23,25,27-28,30-31,34,40,42H,18,21H2,1-10H3. The van der Waals surface area contributed by atoms with E-state index in [2.05, 4.69) is 155 Å². The fourth-order valence-electron chi connectivity index (χ4n) is 7.50. The average molecular weight is 632 g/mol. The van der Waals surface area contributed by atoms with Gasteiger partial charge in [0.15, 0.2) is 0 Å². The van der Waals surface area contributed by atoms with Gasteiger partial charge in [0.2, 0.25) is 0 Å². The maximum atomic E-state index is 12.6. The highest BCUT2D eigenvalue weighted by atomic mass is 79.9. The second kappa shape index (κ2) is 10.8. The van der Waals surface area contributed by atoms with Gasteiger partial charge in [0.1, 0.15) is 0 Å². The Morgan fingerprint density at radius 3 is 2.24 bits per heavy atom. The average Bonchev–Trinajstić information content (AvgIpc) is 3.27. The van der Waals surface area contributed by atoms with Crippen molar-refractivity contribution in [2.24, 2.45) is 28.1 Å². The number of rotatable bonds is 3. The predicted octanol–water partition coefficient (Wildman–Crippen LogP) is 8.70. The molecule has 0 radical (unpaired) electrons. The van der Waals surface area contributed by atoms with Crippen LogP contribution in [0.4, 0.5) is 0 Å². The largest absolute Gasteiger partial charge is 0.385 e. The van der Waals surface area contributed by atoms with Crippen molar-refractivity contribution < 1.29 is 5.11 Å². The Labute approximate surface area is 263 Å². The van der Waals surface area contributed by atoms with Crippen LogP contribution in [0, 0.1) is 39.9 Å². The molecular formula is C38H51BrN2O. The zero-order valence-corrected chi connectivity index (χ0v) is 28.9. The molecule has 1 saturated heterocycles. The van der Waals surface area contributed by atoms with Crippen molar-refractivity contribution in [1.82, 2.24) is 10.2 Å². The molecule has 1 heterocycles. The van der Waals surface area contributed by atoms with E-state index in [4.69, 9.17) is 0 Å². The number of allylic oxidation sites excluding steroid dienone is 4. The molecule has 0 spiro atoms. The van der Waals surface area contributed by atoms with E-state index in [1.807, 2.05) is 6.92 Å². The topological polar surface area (TPSA) is 35.5 Å². The van der Waals surface area contributed by atoms with Gasteiger partial charge in [0.05, 0.1) is 23.9 Å². The van der Waals surface area contributed by atoms with Crippen molar-refractivity contribution in [3.8, 4) is 11.8 Å². The number of nitrogens with zero attached hydrogens (tertiary/aromatic N) is 1. The third-order valence-electron chi connectivity index (χ3n) is 9.94. The van der Waals surface area contributed by atoms with E-state index in [0.717, 1.165) is 22.9 Å². The molecule has 226 valence electrons. The second-order valence-corrected chi connectivity index (χ2v) is 17.1. The van der Waals surface area contributed by atoms with Crippen LogP contribution in [0.2, 0.25) is 0 Å². The Bertz CT molecular complexity index is 1380. The van der Waals surface area contributed by atoms with Crippen molar-refractivity contribution in [2.45, 2.75) is 112 Å². The molecule has 1 aliphatic heterocycles. The number of nitrogens with one attached hydrogen (secondary N) is 1. The van der Waals surface area contributed by atoms with E-state index in [0.29, 0.717) is 5.92 Å². The molecular weight excluding hydrogens is 580 g/mol. The summed E-state index contributed by atoms with van der Waals surface area (Å²) in [6.45, 7) is 22.5. The van der Waals surface area contributed by atoms with Crippen LogP contribution >= 0.6 is 15.9 Å². The molecule has 3 aliphatic carbocycles. The number of halogens is 1. The number of aliphatic hydroxyl groups is 1. The third kappa shape index (κ3) is 5.74. The van der Waals surface area contributed by atoms with Crippen LogP contribution in [0.25, 0.3) is 0 Å². The normalized spacial score (nSPS) is 33.8. The summed E-state index contributed by atoms with van der Waals surface area (Å²) < 4.78 is 1.10.